The van der Waals surface area contributed by atoms with Crippen molar-refractivity contribution in [3.05, 3.63) is 50.7 Å². The Labute approximate surface area is 126 Å². The predicted octanol–water partition coefficient (Wildman–Crippen LogP) is 3.98. The quantitative estimate of drug-likeness (QED) is 0.891. The first-order chi connectivity index (χ1) is 9.40. The Hall–Kier alpha value is -1.47. The maximum atomic E-state index is 12.8. The molecule has 0 aliphatic rings. The van der Waals surface area contributed by atoms with Crippen LogP contribution in [0.5, 0.6) is 0 Å². The van der Waals surface area contributed by atoms with Crippen LogP contribution in [0.25, 0.3) is 0 Å². The number of rotatable bonds is 4. The Bertz CT molecular complexity index is 644. The first-order valence-corrected chi connectivity index (χ1v) is 6.59. The first-order valence-electron chi connectivity index (χ1n) is 5.42. The minimum atomic E-state index is -3.00. The number of carbonyl (C=O) groups is 1. The number of alkyl halides is 2. The van der Waals surface area contributed by atoms with E-state index in [1.807, 2.05) is 0 Å². The van der Waals surface area contributed by atoms with E-state index in [1.54, 1.807) is 24.3 Å². The zero-order chi connectivity index (χ0) is 14.9. The van der Waals surface area contributed by atoms with Crippen molar-refractivity contribution in [3.63, 3.8) is 0 Å². The summed E-state index contributed by atoms with van der Waals surface area (Å²) in [5.74, 6) is -1.52. The van der Waals surface area contributed by atoms with Crippen LogP contribution in [0.3, 0.4) is 0 Å². The molecule has 20 heavy (non-hydrogen) atoms. The SMILES string of the molecule is O=C(O)c1c(C(F)F)nn(Cc2ccc(Br)cc2)c1Cl. The number of aromatic nitrogens is 2. The zero-order valence-electron chi connectivity index (χ0n) is 9.86. The molecule has 2 rings (SSSR count). The summed E-state index contributed by atoms with van der Waals surface area (Å²) < 4.78 is 27.5. The highest BCUT2D eigenvalue weighted by Crippen LogP contribution is 2.28. The van der Waals surface area contributed by atoms with Crippen LogP contribution in [0, 0.1) is 0 Å². The van der Waals surface area contributed by atoms with Gasteiger partial charge in [0.15, 0.2) is 0 Å². The average molecular weight is 366 g/mol. The summed E-state index contributed by atoms with van der Waals surface area (Å²) in [6, 6.07) is 7.06. The van der Waals surface area contributed by atoms with Crippen LogP contribution >= 0.6 is 27.5 Å². The standard InChI is InChI=1S/C12H8BrClF2N2O2/c13-7-3-1-6(2-4-7)5-18-10(14)8(12(19)20)9(17-18)11(15)16/h1-4,11H,5H2,(H,19,20). The molecule has 1 aromatic carbocycles. The van der Waals surface area contributed by atoms with Gasteiger partial charge in [-0.05, 0) is 17.7 Å². The van der Waals surface area contributed by atoms with Crippen molar-refractivity contribution >= 4 is 33.5 Å². The van der Waals surface area contributed by atoms with Gasteiger partial charge in [-0.3, -0.25) is 0 Å². The molecule has 0 spiro atoms. The van der Waals surface area contributed by atoms with Crippen molar-refractivity contribution < 1.29 is 18.7 Å². The molecule has 106 valence electrons. The van der Waals surface area contributed by atoms with Crippen molar-refractivity contribution in [1.29, 1.82) is 0 Å². The van der Waals surface area contributed by atoms with E-state index in [2.05, 4.69) is 21.0 Å². The molecule has 4 nitrogen and oxygen atoms in total. The third-order valence-electron chi connectivity index (χ3n) is 2.58. The molecule has 1 aromatic heterocycles. The van der Waals surface area contributed by atoms with Crippen molar-refractivity contribution in [2.24, 2.45) is 0 Å². The summed E-state index contributed by atoms with van der Waals surface area (Å²) in [5.41, 5.74) is -0.714. The van der Waals surface area contributed by atoms with E-state index in [0.29, 0.717) is 0 Å². The van der Waals surface area contributed by atoms with Crippen LogP contribution in [0.15, 0.2) is 28.7 Å². The summed E-state index contributed by atoms with van der Waals surface area (Å²) in [6.45, 7) is 0.110. The monoisotopic (exact) mass is 364 g/mol. The third kappa shape index (κ3) is 2.99. The lowest BCUT2D eigenvalue weighted by molar-refractivity contribution is 0.0684. The summed E-state index contributed by atoms with van der Waals surface area (Å²) in [6.07, 6.45) is -3.00. The number of hydrogen-bond donors (Lipinski definition) is 1. The van der Waals surface area contributed by atoms with Gasteiger partial charge in [0.25, 0.3) is 6.43 Å². The van der Waals surface area contributed by atoms with Crippen molar-refractivity contribution in [1.82, 2.24) is 9.78 Å². The third-order valence-corrected chi connectivity index (χ3v) is 3.50. The van der Waals surface area contributed by atoms with Gasteiger partial charge in [0.1, 0.15) is 16.4 Å². The lowest BCUT2D eigenvalue weighted by Crippen LogP contribution is -2.03. The smallest absolute Gasteiger partial charge is 0.341 e. The topological polar surface area (TPSA) is 55.1 Å². The van der Waals surface area contributed by atoms with E-state index in [4.69, 9.17) is 16.7 Å². The Morgan fingerprint density at radius 3 is 2.45 bits per heavy atom. The van der Waals surface area contributed by atoms with Crippen LogP contribution in [0.1, 0.15) is 28.0 Å². The van der Waals surface area contributed by atoms with E-state index >= 15 is 0 Å². The minimum absolute atomic E-state index is 0.110. The Balaban J connectivity index is 2.40. The predicted molar refractivity (Wildman–Crippen MR) is 72.4 cm³/mol. The van der Waals surface area contributed by atoms with Gasteiger partial charge in [-0.1, -0.05) is 39.7 Å². The molecule has 0 aliphatic carbocycles. The van der Waals surface area contributed by atoms with Crippen LogP contribution in [0.4, 0.5) is 8.78 Å². The Morgan fingerprint density at radius 2 is 2.00 bits per heavy atom. The fourth-order valence-corrected chi connectivity index (χ4v) is 2.22. The van der Waals surface area contributed by atoms with Gasteiger partial charge in [-0.25, -0.2) is 18.3 Å². The lowest BCUT2D eigenvalue weighted by Gasteiger charge is -2.03. The average Bonchev–Trinajstić information content (AvgIpc) is 2.70. The number of nitrogens with zero attached hydrogens (tertiary/aromatic N) is 2. The molecule has 0 bridgehead atoms. The van der Waals surface area contributed by atoms with Gasteiger partial charge in [0.05, 0.1) is 6.54 Å². The number of halogens is 4. The number of carboxylic acids is 1. The fourth-order valence-electron chi connectivity index (χ4n) is 1.68. The van der Waals surface area contributed by atoms with Gasteiger partial charge < -0.3 is 5.11 Å². The van der Waals surface area contributed by atoms with Crippen LogP contribution < -0.4 is 0 Å². The number of carboxylic acid groups (broad SMARTS) is 1. The number of aromatic carboxylic acids is 1. The number of benzene rings is 1. The van der Waals surface area contributed by atoms with Crippen molar-refractivity contribution in [2.75, 3.05) is 0 Å². The molecule has 2 aromatic rings. The molecular weight excluding hydrogens is 357 g/mol. The highest BCUT2D eigenvalue weighted by atomic mass is 79.9. The maximum Gasteiger partial charge on any atom is 0.341 e. The van der Waals surface area contributed by atoms with Gasteiger partial charge in [0.2, 0.25) is 0 Å². The molecule has 0 amide bonds. The molecule has 8 heteroatoms. The first kappa shape index (κ1) is 14.9. The van der Waals surface area contributed by atoms with Crippen molar-refractivity contribution in [2.45, 2.75) is 13.0 Å². The molecule has 0 fully saturated rings. The lowest BCUT2D eigenvalue weighted by atomic mass is 10.2. The molecule has 0 atom stereocenters. The second-order valence-corrected chi connectivity index (χ2v) is 5.21. The van der Waals surface area contributed by atoms with Crippen LogP contribution in [-0.4, -0.2) is 20.9 Å². The molecule has 0 saturated carbocycles. The van der Waals surface area contributed by atoms with E-state index in [0.717, 1.165) is 14.7 Å². The van der Waals surface area contributed by atoms with E-state index < -0.39 is 23.7 Å². The van der Waals surface area contributed by atoms with Gasteiger partial charge in [0, 0.05) is 4.47 Å². The molecule has 0 radical (unpaired) electrons. The molecule has 1 heterocycles. The van der Waals surface area contributed by atoms with Gasteiger partial charge in [-0.15, -0.1) is 0 Å². The van der Waals surface area contributed by atoms with Gasteiger partial charge in [-0.2, -0.15) is 5.10 Å². The minimum Gasteiger partial charge on any atom is -0.478 e. The van der Waals surface area contributed by atoms with Crippen LogP contribution in [-0.2, 0) is 6.54 Å². The molecule has 1 N–H and O–H groups in total. The molecule has 0 aliphatic heterocycles. The van der Waals surface area contributed by atoms with E-state index in [1.165, 1.54) is 0 Å². The summed E-state index contributed by atoms with van der Waals surface area (Å²) in [7, 11) is 0. The highest BCUT2D eigenvalue weighted by Gasteiger charge is 2.27. The number of hydrogen-bond acceptors (Lipinski definition) is 2. The Morgan fingerprint density at radius 1 is 1.40 bits per heavy atom. The normalized spacial score (nSPS) is 11.1. The Kier molecular flexibility index (Phi) is 4.39. The highest BCUT2D eigenvalue weighted by molar-refractivity contribution is 9.10. The van der Waals surface area contributed by atoms with Crippen molar-refractivity contribution in [3.8, 4) is 0 Å². The second-order valence-electron chi connectivity index (χ2n) is 3.94. The van der Waals surface area contributed by atoms with E-state index in [-0.39, 0.29) is 11.7 Å². The molecular formula is C12H8BrClF2N2O2. The summed E-state index contributed by atoms with van der Waals surface area (Å²) >= 11 is 9.10. The fraction of sp³-hybridized carbons (Fsp3) is 0.167. The second kappa shape index (κ2) is 5.88. The summed E-state index contributed by atoms with van der Waals surface area (Å²) in [4.78, 5) is 11.0. The maximum absolute atomic E-state index is 12.8. The largest absolute Gasteiger partial charge is 0.478 e. The molecule has 0 saturated heterocycles. The zero-order valence-corrected chi connectivity index (χ0v) is 12.2. The molecule has 0 unspecified atom stereocenters. The van der Waals surface area contributed by atoms with E-state index in [9.17, 15) is 13.6 Å². The summed E-state index contributed by atoms with van der Waals surface area (Å²) in [5, 5.41) is 12.2. The van der Waals surface area contributed by atoms with Crippen LogP contribution in [0.2, 0.25) is 5.15 Å². The van der Waals surface area contributed by atoms with Gasteiger partial charge >= 0.3 is 5.97 Å².